The predicted octanol–water partition coefficient (Wildman–Crippen LogP) is 3.45. The number of rotatable bonds is 7. The molecule has 0 bridgehead atoms. The average molecular weight is 442 g/mol. The highest BCUT2D eigenvalue weighted by Gasteiger charge is 2.55. The van der Waals surface area contributed by atoms with Crippen molar-refractivity contribution < 1.29 is 14.6 Å². The third-order valence-electron chi connectivity index (χ3n) is 8.99. The van der Waals surface area contributed by atoms with Crippen molar-refractivity contribution in [2.45, 2.75) is 68.0 Å². The molecule has 6 nitrogen and oxygen atoms in total. The Labute approximate surface area is 192 Å². The van der Waals surface area contributed by atoms with Crippen LogP contribution in [-0.2, 0) is 10.3 Å². The minimum Gasteiger partial charge on any atom is -0.385 e. The van der Waals surface area contributed by atoms with Crippen molar-refractivity contribution >= 4 is 6.03 Å². The van der Waals surface area contributed by atoms with Gasteiger partial charge < -0.3 is 19.6 Å². The van der Waals surface area contributed by atoms with E-state index in [4.69, 9.17) is 4.74 Å². The summed E-state index contributed by atoms with van der Waals surface area (Å²) in [4.78, 5) is 20.2. The summed E-state index contributed by atoms with van der Waals surface area (Å²) in [6.07, 6.45) is 8.59. The van der Waals surface area contributed by atoms with E-state index in [1.54, 1.807) is 0 Å². The molecule has 4 aliphatic rings. The van der Waals surface area contributed by atoms with Crippen LogP contribution in [-0.4, -0.2) is 83.9 Å². The van der Waals surface area contributed by atoms with Crippen molar-refractivity contribution in [2.24, 2.45) is 5.92 Å². The minimum absolute atomic E-state index is 0.0313. The Morgan fingerprint density at radius 3 is 2.31 bits per heavy atom. The van der Waals surface area contributed by atoms with Gasteiger partial charge in [0, 0.05) is 25.2 Å². The van der Waals surface area contributed by atoms with Gasteiger partial charge in [0.05, 0.1) is 18.8 Å². The fourth-order valence-electron chi connectivity index (χ4n) is 6.39. The molecule has 6 heteroatoms. The lowest BCUT2D eigenvalue weighted by atomic mass is 9.68. The van der Waals surface area contributed by atoms with E-state index in [1.807, 2.05) is 4.90 Å². The molecule has 176 valence electrons. The lowest BCUT2D eigenvalue weighted by Gasteiger charge is -2.51. The number of carbonyl (C=O) groups is 1. The molecule has 2 saturated carbocycles. The summed E-state index contributed by atoms with van der Waals surface area (Å²) in [6.45, 7) is 3.12. The highest BCUT2D eigenvalue weighted by atomic mass is 16.5. The predicted molar refractivity (Wildman–Crippen MR) is 124 cm³/mol. The molecule has 0 radical (unpaired) electrons. The number of amides is 2. The third kappa shape index (κ3) is 3.74. The summed E-state index contributed by atoms with van der Waals surface area (Å²) >= 11 is 0. The molecule has 1 N–H and O–H groups in total. The maximum absolute atomic E-state index is 13.6. The zero-order chi connectivity index (χ0) is 22.4. The minimum atomic E-state index is -0.741. The van der Waals surface area contributed by atoms with Crippen LogP contribution in [0.1, 0.15) is 56.9 Å². The second kappa shape index (κ2) is 8.30. The smallest absolute Gasteiger partial charge is 0.320 e. The van der Waals surface area contributed by atoms with Crippen LogP contribution in [0.2, 0.25) is 0 Å². The van der Waals surface area contributed by atoms with Gasteiger partial charge in [-0.15, -0.1) is 0 Å². The molecule has 5 rings (SSSR count). The standard InChI is InChI=1S/C26H39N3O3/c1-27(2)26(22-9-4-3-5-10-22)13-11-24(12-14-26)18-28(16-15-25(31)19-32-20-25)23(30)29(24)17-21-7-6-8-21/h3-5,9-10,21,31H,6-8,11-20H2,1-2H3. The first-order valence-electron chi connectivity index (χ1n) is 12.5. The first-order valence-corrected chi connectivity index (χ1v) is 12.5. The van der Waals surface area contributed by atoms with E-state index in [9.17, 15) is 9.90 Å². The number of hydrogen-bond acceptors (Lipinski definition) is 4. The second-order valence-electron chi connectivity index (χ2n) is 11.1. The van der Waals surface area contributed by atoms with Crippen molar-refractivity contribution in [1.82, 2.24) is 14.7 Å². The van der Waals surface area contributed by atoms with Crippen LogP contribution in [0.3, 0.4) is 0 Å². The van der Waals surface area contributed by atoms with Gasteiger partial charge in [-0.3, -0.25) is 4.90 Å². The van der Waals surface area contributed by atoms with E-state index in [0.717, 1.165) is 38.8 Å². The monoisotopic (exact) mass is 441 g/mol. The van der Waals surface area contributed by atoms with Gasteiger partial charge in [-0.2, -0.15) is 0 Å². The van der Waals surface area contributed by atoms with Crippen molar-refractivity contribution in [3.8, 4) is 0 Å². The van der Waals surface area contributed by atoms with E-state index < -0.39 is 5.60 Å². The van der Waals surface area contributed by atoms with Crippen LogP contribution in [0, 0.1) is 5.92 Å². The maximum Gasteiger partial charge on any atom is 0.320 e. The molecule has 0 aromatic heterocycles. The molecule has 32 heavy (non-hydrogen) atoms. The molecule has 2 amide bonds. The summed E-state index contributed by atoms with van der Waals surface area (Å²) in [6, 6.07) is 11.1. The fourth-order valence-corrected chi connectivity index (χ4v) is 6.39. The molecule has 1 spiro atoms. The Morgan fingerprint density at radius 1 is 1.09 bits per heavy atom. The number of carbonyl (C=O) groups excluding carboxylic acids is 1. The molecule has 2 aliphatic heterocycles. The molecule has 2 heterocycles. The largest absolute Gasteiger partial charge is 0.385 e. The van der Waals surface area contributed by atoms with Crippen LogP contribution in [0.4, 0.5) is 4.79 Å². The summed E-state index contributed by atoms with van der Waals surface area (Å²) in [5, 5.41) is 10.5. The van der Waals surface area contributed by atoms with E-state index in [1.165, 1.54) is 24.8 Å². The normalized spacial score (nSPS) is 32.4. The number of nitrogens with zero attached hydrogens (tertiary/aromatic N) is 3. The Hall–Kier alpha value is -1.63. The Morgan fingerprint density at radius 2 is 1.78 bits per heavy atom. The van der Waals surface area contributed by atoms with Gasteiger partial charge in [0.1, 0.15) is 5.60 Å². The fraction of sp³-hybridized carbons (Fsp3) is 0.731. The Bertz CT molecular complexity index is 811. The van der Waals surface area contributed by atoms with Crippen LogP contribution in [0.5, 0.6) is 0 Å². The van der Waals surface area contributed by atoms with Gasteiger partial charge >= 0.3 is 6.03 Å². The zero-order valence-electron chi connectivity index (χ0n) is 19.8. The second-order valence-corrected chi connectivity index (χ2v) is 11.1. The van der Waals surface area contributed by atoms with Gasteiger partial charge in [0.2, 0.25) is 0 Å². The highest BCUT2D eigenvalue weighted by molar-refractivity contribution is 5.78. The maximum atomic E-state index is 13.6. The molecule has 2 aliphatic carbocycles. The Kier molecular flexibility index (Phi) is 5.75. The van der Waals surface area contributed by atoms with Crippen LogP contribution < -0.4 is 0 Å². The first-order chi connectivity index (χ1) is 15.4. The van der Waals surface area contributed by atoms with E-state index in [-0.39, 0.29) is 17.1 Å². The number of aliphatic hydroxyl groups is 1. The number of benzene rings is 1. The third-order valence-corrected chi connectivity index (χ3v) is 8.99. The topological polar surface area (TPSA) is 56.2 Å². The lowest BCUT2D eigenvalue weighted by Crippen LogP contribution is -2.56. The van der Waals surface area contributed by atoms with Crippen LogP contribution >= 0.6 is 0 Å². The lowest BCUT2D eigenvalue weighted by molar-refractivity contribution is -0.182. The van der Waals surface area contributed by atoms with Gasteiger partial charge in [-0.1, -0.05) is 36.8 Å². The molecule has 1 aromatic carbocycles. The molecular weight excluding hydrogens is 402 g/mol. The summed E-state index contributed by atoms with van der Waals surface area (Å²) in [5.74, 6) is 0.662. The highest BCUT2D eigenvalue weighted by Crippen LogP contribution is 2.49. The summed E-state index contributed by atoms with van der Waals surface area (Å²) in [7, 11) is 4.40. The molecule has 0 unspecified atom stereocenters. The molecule has 2 saturated heterocycles. The first kappa shape index (κ1) is 22.2. The van der Waals surface area contributed by atoms with Gasteiger partial charge in [0.25, 0.3) is 0 Å². The average Bonchev–Trinajstić information content (AvgIpc) is 2.99. The van der Waals surface area contributed by atoms with Crippen molar-refractivity contribution in [3.05, 3.63) is 35.9 Å². The van der Waals surface area contributed by atoms with E-state index >= 15 is 0 Å². The van der Waals surface area contributed by atoms with E-state index in [0.29, 0.717) is 32.1 Å². The van der Waals surface area contributed by atoms with E-state index in [2.05, 4.69) is 54.2 Å². The summed E-state index contributed by atoms with van der Waals surface area (Å²) < 4.78 is 5.20. The van der Waals surface area contributed by atoms with Crippen molar-refractivity contribution in [3.63, 3.8) is 0 Å². The van der Waals surface area contributed by atoms with Gasteiger partial charge in [-0.05, 0) is 70.5 Å². The Balaban J connectivity index is 1.35. The molecule has 4 fully saturated rings. The SMILES string of the molecule is CN(C)C1(c2ccccc2)CCC2(CC1)CN(CCC1(O)COC1)C(=O)N2CC1CCC1. The van der Waals surface area contributed by atoms with Crippen LogP contribution in [0.25, 0.3) is 0 Å². The molecule has 0 atom stereocenters. The van der Waals surface area contributed by atoms with Gasteiger partial charge in [-0.25, -0.2) is 4.79 Å². The number of hydrogen-bond donors (Lipinski definition) is 1. The van der Waals surface area contributed by atoms with Crippen molar-refractivity contribution in [1.29, 1.82) is 0 Å². The molecule has 1 aromatic rings. The zero-order valence-corrected chi connectivity index (χ0v) is 19.8. The van der Waals surface area contributed by atoms with Gasteiger partial charge in [0.15, 0.2) is 0 Å². The quantitative estimate of drug-likeness (QED) is 0.704. The number of ether oxygens (including phenoxy) is 1. The van der Waals surface area contributed by atoms with Crippen molar-refractivity contribution in [2.75, 3.05) is 46.9 Å². The summed E-state index contributed by atoms with van der Waals surface area (Å²) in [5.41, 5.74) is 0.608. The van der Waals surface area contributed by atoms with Crippen LogP contribution in [0.15, 0.2) is 30.3 Å². The molecular formula is C26H39N3O3. The number of urea groups is 1.